The van der Waals surface area contributed by atoms with Gasteiger partial charge in [-0.25, -0.2) is 12.7 Å². The van der Waals surface area contributed by atoms with E-state index >= 15 is 0 Å². The highest BCUT2D eigenvalue weighted by molar-refractivity contribution is 7.90. The van der Waals surface area contributed by atoms with Crippen molar-refractivity contribution in [2.75, 3.05) is 26.7 Å². The summed E-state index contributed by atoms with van der Waals surface area (Å²) >= 11 is 0. The van der Waals surface area contributed by atoms with E-state index in [1.54, 1.807) is 25.1 Å². The van der Waals surface area contributed by atoms with Crippen LogP contribution in [-0.4, -0.2) is 44.2 Å². The molecule has 0 unspecified atom stereocenters. The Kier molecular flexibility index (Phi) is 4.98. The molecule has 4 nitrogen and oxygen atoms in total. The topological polar surface area (TPSA) is 49.4 Å². The van der Waals surface area contributed by atoms with Crippen LogP contribution in [-0.2, 0) is 10.0 Å². The summed E-state index contributed by atoms with van der Waals surface area (Å²) in [5.74, 6) is 0.675. The van der Waals surface area contributed by atoms with E-state index in [4.69, 9.17) is 0 Å². The third-order valence-electron chi connectivity index (χ3n) is 3.49. The largest absolute Gasteiger partial charge is 0.320 e. The third kappa shape index (κ3) is 3.66. The van der Waals surface area contributed by atoms with Crippen molar-refractivity contribution in [2.24, 2.45) is 5.92 Å². The monoisotopic (exact) mass is 262 g/mol. The molecule has 0 aromatic carbocycles. The molecule has 0 aromatic heterocycles. The van der Waals surface area contributed by atoms with Gasteiger partial charge in [0.2, 0.25) is 10.0 Å². The first-order chi connectivity index (χ1) is 7.79. The van der Waals surface area contributed by atoms with E-state index in [9.17, 15) is 8.42 Å². The highest BCUT2D eigenvalue weighted by Gasteiger charge is 2.36. The van der Waals surface area contributed by atoms with Crippen molar-refractivity contribution in [1.29, 1.82) is 0 Å². The van der Waals surface area contributed by atoms with E-state index in [1.807, 2.05) is 7.05 Å². The zero-order valence-electron chi connectivity index (χ0n) is 11.5. The van der Waals surface area contributed by atoms with Crippen LogP contribution in [0.2, 0.25) is 0 Å². The van der Waals surface area contributed by atoms with E-state index in [0.717, 1.165) is 25.8 Å². The normalized spacial score (nSPS) is 20.7. The molecule has 0 amide bonds. The molecule has 0 aromatic rings. The van der Waals surface area contributed by atoms with E-state index in [-0.39, 0.29) is 0 Å². The highest BCUT2D eigenvalue weighted by atomic mass is 32.2. The summed E-state index contributed by atoms with van der Waals surface area (Å²) in [5.41, 5.74) is 0. The summed E-state index contributed by atoms with van der Waals surface area (Å²) in [7, 11) is -1.17. The lowest BCUT2D eigenvalue weighted by atomic mass is 9.95. The molecule has 0 bridgehead atoms. The average molecular weight is 262 g/mol. The molecule has 1 N–H and O–H groups in total. The lowest BCUT2D eigenvalue weighted by Gasteiger charge is -2.35. The Hall–Kier alpha value is -0.130. The Morgan fingerprint density at radius 2 is 1.76 bits per heavy atom. The van der Waals surface area contributed by atoms with Crippen molar-refractivity contribution in [1.82, 2.24) is 9.62 Å². The van der Waals surface area contributed by atoms with Gasteiger partial charge in [-0.2, -0.15) is 0 Å². The molecule has 5 heteroatoms. The van der Waals surface area contributed by atoms with E-state index < -0.39 is 14.8 Å². The van der Waals surface area contributed by atoms with Crippen molar-refractivity contribution in [3.05, 3.63) is 0 Å². The van der Waals surface area contributed by atoms with Crippen LogP contribution in [0, 0.1) is 5.92 Å². The van der Waals surface area contributed by atoms with Crippen molar-refractivity contribution in [3.8, 4) is 0 Å². The summed E-state index contributed by atoms with van der Waals surface area (Å²) in [6.45, 7) is 7.72. The zero-order valence-corrected chi connectivity index (χ0v) is 12.3. The Bertz CT molecular complexity index is 325. The predicted molar refractivity (Wildman–Crippen MR) is 71.5 cm³/mol. The number of rotatable bonds is 4. The molecule has 17 heavy (non-hydrogen) atoms. The smallest absolute Gasteiger partial charge is 0.219 e. The standard InChI is InChI=1S/C12H26N2O2S/c1-12(2,3)17(15,16)14-9-6-11(7-10-14)5-8-13-4/h11,13H,5-10H2,1-4H3. The fourth-order valence-corrected chi connectivity index (χ4v) is 3.64. The third-order valence-corrected chi connectivity index (χ3v) is 6.08. The van der Waals surface area contributed by atoms with Gasteiger partial charge in [0.05, 0.1) is 4.75 Å². The molecular weight excluding hydrogens is 236 g/mol. The molecule has 0 saturated carbocycles. The maximum Gasteiger partial charge on any atom is 0.219 e. The van der Waals surface area contributed by atoms with E-state index in [2.05, 4.69) is 5.32 Å². The van der Waals surface area contributed by atoms with E-state index in [1.165, 1.54) is 0 Å². The first kappa shape index (κ1) is 14.9. The minimum Gasteiger partial charge on any atom is -0.320 e. The minimum atomic E-state index is -3.13. The van der Waals surface area contributed by atoms with Crippen molar-refractivity contribution in [2.45, 2.75) is 44.8 Å². The van der Waals surface area contributed by atoms with E-state index in [0.29, 0.717) is 19.0 Å². The Labute approximate surface area is 106 Å². The maximum absolute atomic E-state index is 12.2. The van der Waals surface area contributed by atoms with Crippen LogP contribution < -0.4 is 5.32 Å². The summed E-state index contributed by atoms with van der Waals surface area (Å²) < 4.78 is 25.5. The summed E-state index contributed by atoms with van der Waals surface area (Å²) in [5, 5.41) is 3.15. The fourth-order valence-electron chi connectivity index (χ4n) is 2.17. The molecule has 0 radical (unpaired) electrons. The molecule has 1 heterocycles. The molecule has 0 spiro atoms. The molecule has 1 saturated heterocycles. The van der Waals surface area contributed by atoms with Gasteiger partial charge in [-0.3, -0.25) is 0 Å². The molecule has 1 aliphatic heterocycles. The van der Waals surface area contributed by atoms with Crippen LogP contribution in [0.1, 0.15) is 40.0 Å². The van der Waals surface area contributed by atoms with Gasteiger partial charge in [0.25, 0.3) is 0 Å². The highest BCUT2D eigenvalue weighted by Crippen LogP contribution is 2.27. The predicted octanol–water partition coefficient (Wildman–Crippen LogP) is 1.44. The second kappa shape index (κ2) is 5.67. The molecular formula is C12H26N2O2S. The number of piperidine rings is 1. The van der Waals surface area contributed by atoms with Gasteiger partial charge in [0.15, 0.2) is 0 Å². The summed E-state index contributed by atoms with van der Waals surface area (Å²) in [6.07, 6.45) is 3.15. The number of hydrogen-bond acceptors (Lipinski definition) is 3. The molecule has 0 aliphatic carbocycles. The van der Waals surface area contributed by atoms with Gasteiger partial charge in [-0.1, -0.05) is 0 Å². The summed E-state index contributed by atoms with van der Waals surface area (Å²) in [6, 6.07) is 0. The van der Waals surface area contributed by atoms with Crippen LogP contribution in [0.5, 0.6) is 0 Å². The van der Waals surface area contributed by atoms with Crippen molar-refractivity contribution < 1.29 is 8.42 Å². The van der Waals surface area contributed by atoms with Gasteiger partial charge < -0.3 is 5.32 Å². The second-order valence-corrected chi connectivity index (χ2v) is 8.54. The SMILES string of the molecule is CNCCC1CCN(S(=O)(=O)C(C)(C)C)CC1. The van der Waals surface area contributed by atoms with Gasteiger partial charge in [-0.05, 0) is 59.5 Å². The lowest BCUT2D eigenvalue weighted by molar-refractivity contribution is 0.258. The summed E-state index contributed by atoms with van der Waals surface area (Å²) in [4.78, 5) is 0. The molecule has 1 rings (SSSR count). The average Bonchev–Trinajstić information content (AvgIpc) is 2.25. The Morgan fingerprint density at radius 1 is 1.24 bits per heavy atom. The Balaban J connectivity index is 2.53. The quantitative estimate of drug-likeness (QED) is 0.834. The number of nitrogens with one attached hydrogen (secondary N) is 1. The van der Waals surface area contributed by atoms with Crippen LogP contribution in [0.25, 0.3) is 0 Å². The number of nitrogens with zero attached hydrogens (tertiary/aromatic N) is 1. The van der Waals surface area contributed by atoms with Crippen LogP contribution in [0.15, 0.2) is 0 Å². The maximum atomic E-state index is 12.2. The van der Waals surface area contributed by atoms with Crippen LogP contribution >= 0.6 is 0 Å². The molecule has 102 valence electrons. The van der Waals surface area contributed by atoms with Gasteiger partial charge in [0, 0.05) is 13.1 Å². The Morgan fingerprint density at radius 3 is 2.18 bits per heavy atom. The molecule has 1 fully saturated rings. The van der Waals surface area contributed by atoms with Crippen molar-refractivity contribution >= 4 is 10.0 Å². The van der Waals surface area contributed by atoms with Gasteiger partial charge in [-0.15, -0.1) is 0 Å². The van der Waals surface area contributed by atoms with Gasteiger partial charge >= 0.3 is 0 Å². The zero-order chi connectivity index (χ0) is 13.1. The van der Waals surface area contributed by atoms with Crippen molar-refractivity contribution in [3.63, 3.8) is 0 Å². The number of sulfonamides is 1. The lowest BCUT2D eigenvalue weighted by Crippen LogP contribution is -2.46. The fraction of sp³-hybridized carbons (Fsp3) is 1.00. The molecule has 1 aliphatic rings. The minimum absolute atomic E-state index is 0.675. The van der Waals surface area contributed by atoms with Gasteiger partial charge in [0.1, 0.15) is 0 Å². The van der Waals surface area contributed by atoms with Crippen LogP contribution in [0.3, 0.4) is 0 Å². The van der Waals surface area contributed by atoms with Crippen LogP contribution in [0.4, 0.5) is 0 Å². The second-order valence-electron chi connectivity index (χ2n) is 5.85. The first-order valence-electron chi connectivity index (χ1n) is 6.43. The number of hydrogen-bond donors (Lipinski definition) is 1. The molecule has 0 atom stereocenters. The first-order valence-corrected chi connectivity index (χ1v) is 7.87.